The fraction of sp³-hybridized carbons (Fsp3) is 0.312. The van der Waals surface area contributed by atoms with E-state index >= 15 is 0 Å². The van der Waals surface area contributed by atoms with Crippen molar-refractivity contribution in [2.24, 2.45) is 0 Å². The molecule has 0 unspecified atom stereocenters. The van der Waals surface area contributed by atoms with Crippen LogP contribution in [0.15, 0.2) is 36.7 Å². The predicted molar refractivity (Wildman–Crippen MR) is 74.2 cm³/mol. The van der Waals surface area contributed by atoms with Gasteiger partial charge in [0.05, 0.1) is 0 Å². The summed E-state index contributed by atoms with van der Waals surface area (Å²) >= 11 is 0. The summed E-state index contributed by atoms with van der Waals surface area (Å²) in [6.45, 7) is 2.73. The van der Waals surface area contributed by atoms with Crippen LogP contribution in [0.1, 0.15) is 24.0 Å². The number of benzene rings is 1. The molecule has 19 heavy (non-hydrogen) atoms. The van der Waals surface area contributed by atoms with Crippen LogP contribution < -0.4 is 5.32 Å². The molecule has 0 spiro atoms. The van der Waals surface area contributed by atoms with Crippen molar-refractivity contribution < 1.29 is 4.39 Å². The minimum Gasteiger partial charge on any atom is -0.310 e. The van der Waals surface area contributed by atoms with Gasteiger partial charge in [0.2, 0.25) is 0 Å². The van der Waals surface area contributed by atoms with Gasteiger partial charge in [-0.05, 0) is 54.7 Å². The van der Waals surface area contributed by atoms with Gasteiger partial charge in [-0.25, -0.2) is 4.39 Å². The van der Waals surface area contributed by atoms with Gasteiger partial charge in [0.1, 0.15) is 5.82 Å². The minimum absolute atomic E-state index is 0.198. The monoisotopic (exact) mass is 256 g/mol. The number of aromatic nitrogens is 1. The molecule has 0 amide bonds. The summed E-state index contributed by atoms with van der Waals surface area (Å²) in [4.78, 5) is 4.26. The van der Waals surface area contributed by atoms with E-state index in [1.165, 1.54) is 18.9 Å². The summed E-state index contributed by atoms with van der Waals surface area (Å²) in [5.41, 5.74) is 3.93. The number of rotatable bonds is 4. The molecule has 1 saturated carbocycles. The third-order valence-corrected chi connectivity index (χ3v) is 3.34. The highest BCUT2D eigenvalue weighted by Gasteiger charge is 2.19. The Morgan fingerprint density at radius 2 is 2.00 bits per heavy atom. The van der Waals surface area contributed by atoms with E-state index in [4.69, 9.17) is 0 Å². The average molecular weight is 256 g/mol. The van der Waals surface area contributed by atoms with Gasteiger partial charge in [-0.15, -0.1) is 0 Å². The third-order valence-electron chi connectivity index (χ3n) is 3.34. The Hall–Kier alpha value is -1.74. The van der Waals surface area contributed by atoms with Crippen molar-refractivity contribution in [2.75, 3.05) is 0 Å². The van der Waals surface area contributed by atoms with Gasteiger partial charge in [-0.3, -0.25) is 4.98 Å². The second kappa shape index (κ2) is 5.10. The van der Waals surface area contributed by atoms with Crippen LogP contribution in [-0.2, 0) is 6.54 Å². The number of hydrogen-bond acceptors (Lipinski definition) is 2. The Bertz CT molecular complexity index is 571. The maximum Gasteiger partial charge on any atom is 0.124 e. The van der Waals surface area contributed by atoms with Gasteiger partial charge in [0.25, 0.3) is 0 Å². The van der Waals surface area contributed by atoms with E-state index in [1.54, 1.807) is 12.3 Å². The minimum atomic E-state index is -0.198. The summed E-state index contributed by atoms with van der Waals surface area (Å²) in [6, 6.07) is 7.84. The van der Waals surface area contributed by atoms with Gasteiger partial charge in [0.15, 0.2) is 0 Å². The van der Waals surface area contributed by atoms with E-state index in [-0.39, 0.29) is 5.82 Å². The molecule has 1 aromatic heterocycles. The summed E-state index contributed by atoms with van der Waals surface area (Å²) in [5, 5.41) is 3.46. The molecular weight excluding hydrogens is 239 g/mol. The number of aryl methyl sites for hydroxylation is 1. The van der Waals surface area contributed by atoms with Crippen LogP contribution in [0, 0.1) is 12.7 Å². The van der Waals surface area contributed by atoms with Crippen LogP contribution >= 0.6 is 0 Å². The molecule has 0 bridgehead atoms. The molecule has 98 valence electrons. The average Bonchev–Trinajstić information content (AvgIpc) is 3.20. The largest absolute Gasteiger partial charge is 0.310 e. The fourth-order valence-corrected chi connectivity index (χ4v) is 2.19. The van der Waals surface area contributed by atoms with E-state index in [9.17, 15) is 4.39 Å². The Kier molecular flexibility index (Phi) is 3.30. The molecule has 0 saturated heterocycles. The normalized spacial score (nSPS) is 14.6. The molecule has 1 aromatic carbocycles. The fourth-order valence-electron chi connectivity index (χ4n) is 2.19. The first-order valence-electron chi connectivity index (χ1n) is 6.65. The highest BCUT2D eigenvalue weighted by atomic mass is 19.1. The number of hydrogen-bond donors (Lipinski definition) is 1. The molecule has 1 N–H and O–H groups in total. The molecule has 1 heterocycles. The quantitative estimate of drug-likeness (QED) is 0.906. The highest BCUT2D eigenvalue weighted by Crippen LogP contribution is 2.23. The molecule has 2 aromatic rings. The highest BCUT2D eigenvalue weighted by molar-refractivity contribution is 5.64. The molecule has 3 heteroatoms. The van der Waals surface area contributed by atoms with Crippen molar-refractivity contribution in [3.8, 4) is 11.1 Å². The molecule has 1 aliphatic rings. The van der Waals surface area contributed by atoms with Gasteiger partial charge in [-0.1, -0.05) is 6.07 Å². The van der Waals surface area contributed by atoms with Gasteiger partial charge in [-0.2, -0.15) is 0 Å². The summed E-state index contributed by atoms with van der Waals surface area (Å²) in [5.74, 6) is -0.198. The zero-order valence-electron chi connectivity index (χ0n) is 11.0. The van der Waals surface area contributed by atoms with E-state index < -0.39 is 0 Å². The molecule has 0 radical (unpaired) electrons. The van der Waals surface area contributed by atoms with E-state index in [2.05, 4.69) is 16.4 Å². The zero-order valence-corrected chi connectivity index (χ0v) is 11.0. The van der Waals surface area contributed by atoms with Crippen LogP contribution in [0.3, 0.4) is 0 Å². The SMILES string of the molecule is Cc1cc(F)cc(-c2cncc(CNC3CC3)c2)c1. The summed E-state index contributed by atoms with van der Waals surface area (Å²) in [6.07, 6.45) is 6.20. The van der Waals surface area contributed by atoms with E-state index in [1.807, 2.05) is 19.2 Å². The molecule has 0 atom stereocenters. The van der Waals surface area contributed by atoms with Gasteiger partial charge >= 0.3 is 0 Å². The standard InChI is InChI=1S/C16H17FN2/c1-11-4-13(7-15(17)5-11)14-6-12(8-18-10-14)9-19-16-2-3-16/h4-8,10,16,19H,2-3,9H2,1H3. The van der Waals surface area contributed by atoms with Crippen molar-refractivity contribution in [2.45, 2.75) is 32.4 Å². The number of pyridine rings is 1. The lowest BCUT2D eigenvalue weighted by molar-refractivity contribution is 0.627. The number of nitrogens with zero attached hydrogens (tertiary/aromatic N) is 1. The third kappa shape index (κ3) is 3.18. The van der Waals surface area contributed by atoms with E-state index in [0.29, 0.717) is 6.04 Å². The van der Waals surface area contributed by atoms with Crippen molar-refractivity contribution in [1.82, 2.24) is 10.3 Å². The zero-order chi connectivity index (χ0) is 13.2. The van der Waals surface area contributed by atoms with Crippen molar-refractivity contribution >= 4 is 0 Å². The molecular formula is C16H17FN2. The van der Waals surface area contributed by atoms with Crippen LogP contribution in [0.2, 0.25) is 0 Å². The Labute approximate surface area is 112 Å². The second-order valence-corrected chi connectivity index (χ2v) is 5.25. The lowest BCUT2D eigenvalue weighted by atomic mass is 10.0. The van der Waals surface area contributed by atoms with E-state index in [0.717, 1.165) is 28.8 Å². The first kappa shape index (κ1) is 12.3. The summed E-state index contributed by atoms with van der Waals surface area (Å²) < 4.78 is 13.4. The second-order valence-electron chi connectivity index (χ2n) is 5.25. The number of halogens is 1. The lowest BCUT2D eigenvalue weighted by Crippen LogP contribution is -2.15. The van der Waals surface area contributed by atoms with Crippen molar-refractivity contribution in [3.05, 3.63) is 53.6 Å². The van der Waals surface area contributed by atoms with Crippen molar-refractivity contribution in [3.63, 3.8) is 0 Å². The van der Waals surface area contributed by atoms with Crippen molar-refractivity contribution in [1.29, 1.82) is 0 Å². The first-order chi connectivity index (χ1) is 9.20. The van der Waals surface area contributed by atoms with Gasteiger partial charge < -0.3 is 5.32 Å². The molecule has 3 rings (SSSR count). The lowest BCUT2D eigenvalue weighted by Gasteiger charge is -2.07. The van der Waals surface area contributed by atoms with Gasteiger partial charge in [0, 0.05) is 30.5 Å². The Balaban J connectivity index is 1.84. The smallest absolute Gasteiger partial charge is 0.124 e. The van der Waals surface area contributed by atoms with Crippen LogP contribution in [0.4, 0.5) is 4.39 Å². The molecule has 1 aliphatic carbocycles. The molecule has 0 aliphatic heterocycles. The van der Waals surface area contributed by atoms with Crippen LogP contribution in [-0.4, -0.2) is 11.0 Å². The van der Waals surface area contributed by atoms with Crippen LogP contribution in [0.25, 0.3) is 11.1 Å². The number of nitrogens with one attached hydrogen (secondary N) is 1. The summed E-state index contributed by atoms with van der Waals surface area (Å²) in [7, 11) is 0. The molecule has 2 nitrogen and oxygen atoms in total. The Morgan fingerprint density at radius 3 is 2.74 bits per heavy atom. The maximum atomic E-state index is 13.4. The first-order valence-corrected chi connectivity index (χ1v) is 6.65. The molecule has 1 fully saturated rings. The predicted octanol–water partition coefficient (Wildman–Crippen LogP) is 3.45. The maximum absolute atomic E-state index is 13.4. The Morgan fingerprint density at radius 1 is 1.16 bits per heavy atom. The van der Waals surface area contributed by atoms with Crippen LogP contribution in [0.5, 0.6) is 0 Å². The topological polar surface area (TPSA) is 24.9 Å².